The summed E-state index contributed by atoms with van der Waals surface area (Å²) < 4.78 is 0. The van der Waals surface area contributed by atoms with E-state index in [4.69, 9.17) is 5.11 Å². The number of carbonyl (C=O) groups is 2. The predicted octanol–water partition coefficient (Wildman–Crippen LogP) is 0.944. The zero-order valence-electron chi connectivity index (χ0n) is 11.4. The van der Waals surface area contributed by atoms with Gasteiger partial charge in [0.25, 0.3) is 0 Å². The van der Waals surface area contributed by atoms with Crippen molar-refractivity contribution in [2.75, 3.05) is 19.6 Å². The van der Waals surface area contributed by atoms with Crippen LogP contribution in [-0.4, -0.2) is 47.1 Å². The van der Waals surface area contributed by atoms with Crippen LogP contribution in [0.4, 0.5) is 0 Å². The van der Waals surface area contributed by atoms with Crippen molar-refractivity contribution in [2.45, 2.75) is 40.2 Å². The number of hydrogen-bond acceptors (Lipinski definition) is 3. The molecule has 0 radical (unpaired) electrons. The van der Waals surface area contributed by atoms with Gasteiger partial charge in [0, 0.05) is 6.54 Å². The molecule has 0 atom stereocenters. The van der Waals surface area contributed by atoms with Gasteiger partial charge in [-0.2, -0.15) is 0 Å². The van der Waals surface area contributed by atoms with Crippen LogP contribution in [0.3, 0.4) is 0 Å². The van der Waals surface area contributed by atoms with E-state index in [-0.39, 0.29) is 12.5 Å². The maximum atomic E-state index is 11.6. The Morgan fingerprint density at radius 1 is 1.35 bits per heavy atom. The lowest BCUT2D eigenvalue weighted by molar-refractivity contribution is -0.150. The molecule has 0 aromatic carbocycles. The molecule has 0 aromatic rings. The van der Waals surface area contributed by atoms with Gasteiger partial charge in [-0.1, -0.05) is 20.8 Å². The lowest BCUT2D eigenvalue weighted by Crippen LogP contribution is -2.53. The fourth-order valence-electron chi connectivity index (χ4n) is 1.39. The van der Waals surface area contributed by atoms with Crippen LogP contribution in [0.15, 0.2) is 0 Å². The van der Waals surface area contributed by atoms with Gasteiger partial charge >= 0.3 is 5.97 Å². The van der Waals surface area contributed by atoms with E-state index >= 15 is 0 Å². The molecule has 0 aliphatic carbocycles. The second kappa shape index (κ2) is 6.59. The van der Waals surface area contributed by atoms with Gasteiger partial charge in [-0.25, -0.2) is 0 Å². The smallest absolute Gasteiger partial charge is 0.323 e. The number of amides is 1. The third-order valence-electron chi connectivity index (χ3n) is 2.74. The second-order valence-corrected chi connectivity index (χ2v) is 5.08. The van der Waals surface area contributed by atoms with Crippen molar-refractivity contribution >= 4 is 11.9 Å². The van der Waals surface area contributed by atoms with Crippen LogP contribution in [0.25, 0.3) is 0 Å². The molecule has 2 N–H and O–H groups in total. The highest BCUT2D eigenvalue weighted by Crippen LogP contribution is 2.13. The Hall–Kier alpha value is -1.10. The van der Waals surface area contributed by atoms with E-state index in [1.165, 1.54) is 0 Å². The van der Waals surface area contributed by atoms with E-state index in [0.29, 0.717) is 19.0 Å². The number of aliphatic carboxylic acids is 1. The van der Waals surface area contributed by atoms with Gasteiger partial charge < -0.3 is 10.4 Å². The Morgan fingerprint density at radius 3 is 2.24 bits per heavy atom. The molecule has 0 aliphatic heterocycles. The largest absolute Gasteiger partial charge is 0.480 e. The Labute approximate surface area is 103 Å². The molecular formula is C12H24N2O3. The summed E-state index contributed by atoms with van der Waals surface area (Å²) in [5, 5.41) is 11.9. The molecular weight excluding hydrogens is 220 g/mol. The number of likely N-dealkylation sites (N-methyl/N-ethyl adjacent to an activating group) is 1. The fourth-order valence-corrected chi connectivity index (χ4v) is 1.39. The molecule has 1 amide bonds. The Bertz CT molecular complexity index is 275. The second-order valence-electron chi connectivity index (χ2n) is 5.08. The SMILES string of the molecule is CCN(CC(=O)NCC(C)C)C(C)(C)C(=O)O. The van der Waals surface area contributed by atoms with Gasteiger partial charge in [0.1, 0.15) is 5.54 Å². The molecule has 0 rings (SSSR count). The predicted molar refractivity (Wildman–Crippen MR) is 66.8 cm³/mol. The molecule has 0 unspecified atom stereocenters. The van der Waals surface area contributed by atoms with E-state index in [1.807, 2.05) is 20.8 Å². The molecule has 17 heavy (non-hydrogen) atoms. The summed E-state index contributed by atoms with van der Waals surface area (Å²) in [7, 11) is 0. The Morgan fingerprint density at radius 2 is 1.88 bits per heavy atom. The number of nitrogens with one attached hydrogen (secondary N) is 1. The minimum atomic E-state index is -1.02. The topological polar surface area (TPSA) is 69.6 Å². The summed E-state index contributed by atoms with van der Waals surface area (Å²) in [4.78, 5) is 24.4. The van der Waals surface area contributed by atoms with Crippen molar-refractivity contribution in [1.82, 2.24) is 10.2 Å². The highest BCUT2D eigenvalue weighted by Gasteiger charge is 2.34. The quantitative estimate of drug-likeness (QED) is 0.699. The minimum Gasteiger partial charge on any atom is -0.480 e. The van der Waals surface area contributed by atoms with Gasteiger partial charge in [0.05, 0.1) is 6.54 Å². The van der Waals surface area contributed by atoms with Crippen LogP contribution in [-0.2, 0) is 9.59 Å². The first kappa shape index (κ1) is 15.9. The zero-order valence-corrected chi connectivity index (χ0v) is 11.4. The molecule has 0 bridgehead atoms. The minimum absolute atomic E-state index is 0.114. The van der Waals surface area contributed by atoms with Crippen molar-refractivity contribution in [1.29, 1.82) is 0 Å². The summed E-state index contributed by atoms with van der Waals surface area (Å²) in [6.07, 6.45) is 0. The first-order chi connectivity index (χ1) is 7.71. The molecule has 0 aromatic heterocycles. The lowest BCUT2D eigenvalue weighted by atomic mass is 10.0. The van der Waals surface area contributed by atoms with Crippen LogP contribution in [0, 0.1) is 5.92 Å². The van der Waals surface area contributed by atoms with Crippen molar-refractivity contribution in [2.24, 2.45) is 5.92 Å². The molecule has 0 saturated heterocycles. The van der Waals surface area contributed by atoms with Crippen molar-refractivity contribution in [3.05, 3.63) is 0 Å². The molecule has 0 aliphatic rings. The van der Waals surface area contributed by atoms with E-state index in [9.17, 15) is 9.59 Å². The van der Waals surface area contributed by atoms with Crippen LogP contribution in [0.5, 0.6) is 0 Å². The standard InChI is InChI=1S/C12H24N2O3/c1-6-14(12(4,5)11(16)17)8-10(15)13-7-9(2)3/h9H,6-8H2,1-5H3,(H,13,15)(H,16,17). The monoisotopic (exact) mass is 244 g/mol. The van der Waals surface area contributed by atoms with Crippen LogP contribution >= 0.6 is 0 Å². The van der Waals surface area contributed by atoms with Crippen molar-refractivity contribution in [3.63, 3.8) is 0 Å². The van der Waals surface area contributed by atoms with Crippen molar-refractivity contribution < 1.29 is 14.7 Å². The third kappa shape index (κ3) is 5.17. The molecule has 0 fully saturated rings. The number of rotatable bonds is 7. The van der Waals surface area contributed by atoms with Crippen molar-refractivity contribution in [3.8, 4) is 0 Å². The van der Waals surface area contributed by atoms with E-state index < -0.39 is 11.5 Å². The van der Waals surface area contributed by atoms with E-state index in [0.717, 1.165) is 0 Å². The highest BCUT2D eigenvalue weighted by atomic mass is 16.4. The molecule has 5 nitrogen and oxygen atoms in total. The van der Waals surface area contributed by atoms with Gasteiger partial charge in [-0.3, -0.25) is 14.5 Å². The summed E-state index contributed by atoms with van der Waals surface area (Å²) in [6.45, 7) is 10.3. The molecule has 0 saturated carbocycles. The summed E-state index contributed by atoms with van der Waals surface area (Å²) in [6, 6.07) is 0. The first-order valence-electron chi connectivity index (χ1n) is 5.97. The van der Waals surface area contributed by atoms with Gasteiger partial charge in [0.15, 0.2) is 0 Å². The lowest BCUT2D eigenvalue weighted by Gasteiger charge is -2.33. The van der Waals surface area contributed by atoms with E-state index in [1.54, 1.807) is 18.7 Å². The normalized spacial score (nSPS) is 11.9. The average Bonchev–Trinajstić information content (AvgIpc) is 2.22. The number of hydrogen-bond donors (Lipinski definition) is 2. The molecule has 0 spiro atoms. The van der Waals surface area contributed by atoms with E-state index in [2.05, 4.69) is 5.32 Å². The summed E-state index contributed by atoms with van der Waals surface area (Å²) >= 11 is 0. The summed E-state index contributed by atoms with van der Waals surface area (Å²) in [5.74, 6) is -0.660. The summed E-state index contributed by atoms with van der Waals surface area (Å²) in [5.41, 5.74) is -1.02. The Kier molecular flexibility index (Phi) is 6.16. The third-order valence-corrected chi connectivity index (χ3v) is 2.74. The van der Waals surface area contributed by atoms with Crippen LogP contribution < -0.4 is 5.32 Å². The Balaban J connectivity index is 4.41. The number of carboxylic acid groups (broad SMARTS) is 1. The number of carbonyl (C=O) groups excluding carboxylic acids is 1. The molecule has 100 valence electrons. The maximum Gasteiger partial charge on any atom is 0.323 e. The van der Waals surface area contributed by atoms with Gasteiger partial charge in [-0.15, -0.1) is 0 Å². The maximum absolute atomic E-state index is 11.6. The number of nitrogens with zero attached hydrogens (tertiary/aromatic N) is 1. The first-order valence-corrected chi connectivity index (χ1v) is 5.97. The van der Waals surface area contributed by atoms with Crippen LogP contribution in [0.2, 0.25) is 0 Å². The fraction of sp³-hybridized carbons (Fsp3) is 0.833. The highest BCUT2D eigenvalue weighted by molar-refractivity contribution is 5.81. The number of carboxylic acids is 1. The van der Waals surface area contributed by atoms with Crippen LogP contribution in [0.1, 0.15) is 34.6 Å². The molecule has 0 heterocycles. The van der Waals surface area contributed by atoms with Gasteiger partial charge in [-0.05, 0) is 26.3 Å². The van der Waals surface area contributed by atoms with Gasteiger partial charge in [0.2, 0.25) is 5.91 Å². The molecule has 5 heteroatoms. The zero-order chi connectivity index (χ0) is 13.6. The average molecular weight is 244 g/mol.